The van der Waals surface area contributed by atoms with Crippen molar-refractivity contribution in [2.45, 2.75) is 6.61 Å². The minimum Gasteiger partial charge on any atom is -0.496 e. The lowest BCUT2D eigenvalue weighted by atomic mass is 10.2. The van der Waals surface area contributed by atoms with Crippen molar-refractivity contribution < 1.29 is 19.0 Å². The number of halogens is 1. The number of rotatable bonds is 9. The lowest BCUT2D eigenvalue weighted by molar-refractivity contribution is -0.123. The fourth-order valence-electron chi connectivity index (χ4n) is 2.53. The summed E-state index contributed by atoms with van der Waals surface area (Å²) in [5.74, 6) is 1.57. The van der Waals surface area contributed by atoms with Crippen LogP contribution in [0.1, 0.15) is 11.1 Å². The van der Waals surface area contributed by atoms with Gasteiger partial charge in [-0.15, -0.1) is 0 Å². The highest BCUT2D eigenvalue weighted by atomic mass is 79.9. The Kier molecular flexibility index (Phi) is 7.86. The Morgan fingerprint density at radius 1 is 1.00 bits per heavy atom. The number of ether oxygens (including phenoxy) is 3. The van der Waals surface area contributed by atoms with Gasteiger partial charge in [0, 0.05) is 10.0 Å². The molecule has 6 nitrogen and oxygen atoms in total. The molecule has 0 heterocycles. The molecule has 0 bridgehead atoms. The monoisotopic (exact) mass is 468 g/mol. The Bertz CT molecular complexity index is 992. The van der Waals surface area contributed by atoms with Crippen molar-refractivity contribution in [1.29, 1.82) is 0 Å². The Morgan fingerprint density at radius 2 is 1.70 bits per heavy atom. The van der Waals surface area contributed by atoms with E-state index < -0.39 is 0 Å². The molecule has 154 valence electrons. The van der Waals surface area contributed by atoms with E-state index in [1.54, 1.807) is 31.4 Å². The maximum Gasteiger partial charge on any atom is 0.277 e. The van der Waals surface area contributed by atoms with Crippen LogP contribution < -0.4 is 19.6 Å². The Balaban J connectivity index is 1.44. The molecule has 0 aliphatic rings. The molecule has 30 heavy (non-hydrogen) atoms. The van der Waals surface area contributed by atoms with Crippen molar-refractivity contribution in [2.24, 2.45) is 5.10 Å². The van der Waals surface area contributed by atoms with E-state index in [1.807, 2.05) is 48.5 Å². The molecule has 0 aliphatic heterocycles. The number of hydrogen-bond acceptors (Lipinski definition) is 5. The third kappa shape index (κ3) is 6.63. The molecule has 3 aromatic carbocycles. The topological polar surface area (TPSA) is 69.2 Å². The van der Waals surface area contributed by atoms with E-state index in [0.717, 1.165) is 21.3 Å². The molecule has 1 amide bonds. The van der Waals surface area contributed by atoms with Crippen LogP contribution in [0.2, 0.25) is 0 Å². The van der Waals surface area contributed by atoms with E-state index in [2.05, 4.69) is 26.5 Å². The van der Waals surface area contributed by atoms with Gasteiger partial charge in [-0.3, -0.25) is 4.79 Å². The normalized spacial score (nSPS) is 10.6. The quantitative estimate of drug-likeness (QED) is 0.369. The molecule has 0 saturated carbocycles. The van der Waals surface area contributed by atoms with E-state index >= 15 is 0 Å². The van der Waals surface area contributed by atoms with Crippen molar-refractivity contribution in [3.8, 4) is 17.2 Å². The van der Waals surface area contributed by atoms with E-state index in [4.69, 9.17) is 14.2 Å². The molecule has 0 aliphatic carbocycles. The molecule has 0 fully saturated rings. The molecular formula is C23H21BrN2O4. The Hall–Kier alpha value is -3.32. The molecule has 0 radical (unpaired) electrons. The second kappa shape index (κ2) is 11.0. The summed E-state index contributed by atoms with van der Waals surface area (Å²) in [6.07, 6.45) is 1.51. The second-order valence-electron chi connectivity index (χ2n) is 6.21. The Morgan fingerprint density at radius 3 is 2.40 bits per heavy atom. The number of hydrazone groups is 1. The van der Waals surface area contributed by atoms with E-state index in [9.17, 15) is 4.79 Å². The second-order valence-corrected chi connectivity index (χ2v) is 7.13. The average molecular weight is 469 g/mol. The van der Waals surface area contributed by atoms with Crippen molar-refractivity contribution in [2.75, 3.05) is 13.7 Å². The molecule has 0 aromatic heterocycles. The van der Waals surface area contributed by atoms with Crippen LogP contribution in [0.25, 0.3) is 0 Å². The fourth-order valence-corrected chi connectivity index (χ4v) is 2.91. The molecule has 3 rings (SSSR count). The summed E-state index contributed by atoms with van der Waals surface area (Å²) in [4.78, 5) is 11.9. The first-order valence-corrected chi connectivity index (χ1v) is 9.98. The van der Waals surface area contributed by atoms with Crippen LogP contribution in [0, 0.1) is 0 Å². The molecule has 7 heteroatoms. The molecule has 1 N–H and O–H groups in total. The molecule has 0 saturated heterocycles. The zero-order valence-electron chi connectivity index (χ0n) is 16.4. The van der Waals surface area contributed by atoms with Crippen LogP contribution >= 0.6 is 15.9 Å². The van der Waals surface area contributed by atoms with Crippen LogP contribution in [-0.4, -0.2) is 25.8 Å². The third-order valence-electron chi connectivity index (χ3n) is 4.03. The highest BCUT2D eigenvalue weighted by Gasteiger charge is 2.04. The zero-order valence-corrected chi connectivity index (χ0v) is 18.0. The van der Waals surface area contributed by atoms with E-state index in [0.29, 0.717) is 18.1 Å². The summed E-state index contributed by atoms with van der Waals surface area (Å²) in [5.41, 5.74) is 4.26. The lowest BCUT2D eigenvalue weighted by Gasteiger charge is -2.08. The number of benzene rings is 3. The highest BCUT2D eigenvalue weighted by molar-refractivity contribution is 9.10. The summed E-state index contributed by atoms with van der Waals surface area (Å²) < 4.78 is 17.3. The van der Waals surface area contributed by atoms with Crippen LogP contribution in [0.3, 0.4) is 0 Å². The summed E-state index contributed by atoms with van der Waals surface area (Å²) in [6, 6.07) is 22.5. The van der Waals surface area contributed by atoms with E-state index in [1.165, 1.54) is 6.21 Å². The van der Waals surface area contributed by atoms with Gasteiger partial charge in [0.15, 0.2) is 6.61 Å². The molecular weight excluding hydrogens is 448 g/mol. The third-order valence-corrected chi connectivity index (χ3v) is 4.52. The number of nitrogens with one attached hydrogen (secondary N) is 1. The van der Waals surface area contributed by atoms with Gasteiger partial charge in [0.1, 0.15) is 23.9 Å². The number of carbonyl (C=O) groups is 1. The number of methoxy groups -OCH3 is 1. The number of nitrogens with zero attached hydrogens (tertiary/aromatic N) is 1. The fraction of sp³-hybridized carbons (Fsp3) is 0.130. The van der Waals surface area contributed by atoms with Crippen LogP contribution in [0.15, 0.2) is 82.4 Å². The molecule has 3 aromatic rings. The number of hydrogen-bond donors (Lipinski definition) is 1. The van der Waals surface area contributed by atoms with Gasteiger partial charge in [-0.25, -0.2) is 5.43 Å². The summed E-state index contributed by atoms with van der Waals surface area (Å²) in [7, 11) is 1.57. The van der Waals surface area contributed by atoms with Crippen molar-refractivity contribution in [3.05, 3.63) is 88.4 Å². The summed E-state index contributed by atoms with van der Waals surface area (Å²) >= 11 is 3.39. The van der Waals surface area contributed by atoms with Crippen LogP contribution in [-0.2, 0) is 11.4 Å². The molecule has 0 unspecified atom stereocenters. The maximum atomic E-state index is 11.9. The first-order valence-electron chi connectivity index (χ1n) is 9.19. The minimum atomic E-state index is -0.371. The number of carbonyl (C=O) groups excluding carboxylic acids is 1. The van der Waals surface area contributed by atoms with Gasteiger partial charge in [0.2, 0.25) is 0 Å². The minimum absolute atomic E-state index is 0.156. The van der Waals surface area contributed by atoms with Crippen molar-refractivity contribution >= 4 is 28.1 Å². The summed E-state index contributed by atoms with van der Waals surface area (Å²) in [6.45, 7) is 0.335. The first kappa shape index (κ1) is 21.4. The maximum absolute atomic E-state index is 11.9. The number of amides is 1. The van der Waals surface area contributed by atoms with Crippen LogP contribution in [0.4, 0.5) is 0 Å². The Labute approximate surface area is 183 Å². The van der Waals surface area contributed by atoms with Crippen LogP contribution in [0.5, 0.6) is 17.2 Å². The first-order chi connectivity index (χ1) is 14.6. The van der Waals surface area contributed by atoms with Gasteiger partial charge in [-0.2, -0.15) is 5.10 Å². The highest BCUT2D eigenvalue weighted by Crippen LogP contribution is 2.21. The standard InChI is InChI=1S/C23H21BrN2O4/c1-28-22-12-7-19(24)13-18(22)14-25-26-23(27)16-30-21-10-8-20(9-11-21)29-15-17-5-3-2-4-6-17/h2-14H,15-16H2,1H3,(H,26,27)/b25-14-. The average Bonchev–Trinajstić information content (AvgIpc) is 2.78. The smallest absolute Gasteiger partial charge is 0.277 e. The van der Waals surface area contributed by atoms with Gasteiger partial charge in [0.05, 0.1) is 13.3 Å². The predicted octanol–water partition coefficient (Wildman–Crippen LogP) is 4.57. The largest absolute Gasteiger partial charge is 0.496 e. The van der Waals surface area contributed by atoms with Gasteiger partial charge in [-0.1, -0.05) is 46.3 Å². The molecule has 0 atom stereocenters. The van der Waals surface area contributed by atoms with Gasteiger partial charge >= 0.3 is 0 Å². The van der Waals surface area contributed by atoms with Gasteiger partial charge in [-0.05, 0) is 48.0 Å². The molecule has 0 spiro atoms. The predicted molar refractivity (Wildman–Crippen MR) is 119 cm³/mol. The van der Waals surface area contributed by atoms with Gasteiger partial charge in [0.25, 0.3) is 5.91 Å². The SMILES string of the molecule is COc1ccc(Br)cc1/C=N\NC(=O)COc1ccc(OCc2ccccc2)cc1. The van der Waals surface area contributed by atoms with Gasteiger partial charge < -0.3 is 14.2 Å². The summed E-state index contributed by atoms with van der Waals surface area (Å²) in [5, 5.41) is 3.95. The van der Waals surface area contributed by atoms with E-state index in [-0.39, 0.29) is 12.5 Å². The zero-order chi connectivity index (χ0) is 21.2. The van der Waals surface area contributed by atoms with Crippen molar-refractivity contribution in [3.63, 3.8) is 0 Å². The van der Waals surface area contributed by atoms with Crippen molar-refractivity contribution in [1.82, 2.24) is 5.43 Å². The lowest BCUT2D eigenvalue weighted by Crippen LogP contribution is -2.24.